The molecule has 0 aliphatic heterocycles. The molecule has 0 aliphatic carbocycles. The van der Waals surface area contributed by atoms with Crippen molar-refractivity contribution in [2.75, 3.05) is 7.11 Å². The first-order valence-electron chi connectivity index (χ1n) is 6.79. The molecule has 0 amide bonds. The Morgan fingerprint density at radius 3 is 2.62 bits per heavy atom. The van der Waals surface area contributed by atoms with Crippen molar-refractivity contribution in [2.24, 2.45) is 0 Å². The Kier molecular flexibility index (Phi) is 3.67. The monoisotopic (exact) mass is 279 g/mol. The fraction of sp³-hybridized carbons (Fsp3) is 0.188. The fourth-order valence-electron chi connectivity index (χ4n) is 2.49. The highest BCUT2D eigenvalue weighted by atomic mass is 16.5. The first-order chi connectivity index (χ1) is 10.2. The zero-order valence-corrected chi connectivity index (χ0v) is 12.1. The van der Waals surface area contributed by atoms with Crippen molar-refractivity contribution in [1.82, 2.24) is 9.55 Å². The third-order valence-electron chi connectivity index (χ3n) is 3.62. The second-order valence-corrected chi connectivity index (χ2v) is 4.94. The summed E-state index contributed by atoms with van der Waals surface area (Å²) in [7, 11) is 2.76. The normalized spacial score (nSPS) is 10.8. The van der Waals surface area contributed by atoms with Gasteiger partial charge in [-0.2, -0.15) is 0 Å². The molecule has 2 aromatic carbocycles. The highest BCUT2D eigenvalue weighted by Gasteiger charge is 2.11. The maximum atomic E-state index is 8.97. The van der Waals surface area contributed by atoms with Gasteiger partial charge in [-0.15, -0.1) is 0 Å². The van der Waals surface area contributed by atoms with E-state index in [1.54, 1.807) is 7.11 Å². The molecule has 0 unspecified atom stereocenters. The van der Waals surface area contributed by atoms with Crippen molar-refractivity contribution in [3.8, 4) is 5.75 Å². The number of benzene rings is 2. The van der Waals surface area contributed by atoms with Gasteiger partial charge in [0, 0.05) is 6.54 Å². The molecule has 1 radical (unpaired) electrons. The van der Waals surface area contributed by atoms with Gasteiger partial charge in [-0.05, 0) is 24.6 Å². The zero-order chi connectivity index (χ0) is 14.8. The van der Waals surface area contributed by atoms with Gasteiger partial charge in [-0.25, -0.2) is 4.98 Å². The molecule has 105 valence electrons. The van der Waals surface area contributed by atoms with Crippen LogP contribution in [0.15, 0.2) is 42.5 Å². The van der Waals surface area contributed by atoms with Crippen LogP contribution in [0.4, 0.5) is 0 Å². The summed E-state index contributed by atoms with van der Waals surface area (Å²) in [6, 6.07) is 13.7. The molecule has 1 heterocycles. The van der Waals surface area contributed by atoms with E-state index in [-0.39, 0.29) is 0 Å². The van der Waals surface area contributed by atoms with E-state index in [4.69, 9.17) is 9.76 Å². The van der Waals surface area contributed by atoms with Gasteiger partial charge in [0.15, 0.2) is 0 Å². The van der Waals surface area contributed by atoms with E-state index in [9.17, 15) is 0 Å². The van der Waals surface area contributed by atoms with Crippen LogP contribution in [0.1, 0.15) is 11.4 Å². The Morgan fingerprint density at radius 2 is 1.95 bits per heavy atom. The highest BCUT2D eigenvalue weighted by Crippen LogP contribution is 2.26. The molecule has 5 heteroatoms. The van der Waals surface area contributed by atoms with Gasteiger partial charge in [0.05, 0.1) is 12.6 Å². The summed E-state index contributed by atoms with van der Waals surface area (Å²) in [6.45, 7) is 2.73. The average molecular weight is 279 g/mol. The number of aryl methyl sites for hydroxylation is 1. The summed E-state index contributed by atoms with van der Waals surface area (Å²) < 4.78 is 7.53. The first kappa shape index (κ1) is 13.7. The number of para-hydroxylation sites is 1. The topological polar surface area (TPSA) is 47.3 Å². The minimum absolute atomic E-state index is 0.737. The maximum Gasteiger partial charge on any atom is 0.326 e. The van der Waals surface area contributed by atoms with Gasteiger partial charge in [0.25, 0.3) is 0 Å². The van der Waals surface area contributed by atoms with E-state index in [0.717, 1.165) is 47.7 Å². The molecular weight excluding hydrogens is 263 g/mol. The summed E-state index contributed by atoms with van der Waals surface area (Å²) in [5, 5.41) is 8.97. The molecule has 4 nitrogen and oxygen atoms in total. The molecular formula is C16H16BN2O2. The SMILES string of the molecule is COc1cccc2c1nc(C)n2Cc1ccc([B]O)cc1. The van der Waals surface area contributed by atoms with Gasteiger partial charge in [-0.3, -0.25) is 0 Å². The number of aromatic nitrogens is 2. The minimum Gasteiger partial charge on any atom is -0.494 e. The molecule has 1 N–H and O–H groups in total. The number of fused-ring (bicyclic) bond motifs is 1. The van der Waals surface area contributed by atoms with Crippen LogP contribution in [0.5, 0.6) is 5.75 Å². The number of hydrogen-bond acceptors (Lipinski definition) is 3. The lowest BCUT2D eigenvalue weighted by Crippen LogP contribution is -2.13. The maximum absolute atomic E-state index is 8.97. The second-order valence-electron chi connectivity index (χ2n) is 4.94. The molecule has 0 bridgehead atoms. The Balaban J connectivity index is 2.01. The molecule has 0 atom stereocenters. The van der Waals surface area contributed by atoms with Crippen molar-refractivity contribution < 1.29 is 9.76 Å². The molecule has 1 aromatic heterocycles. The van der Waals surface area contributed by atoms with E-state index < -0.39 is 0 Å². The van der Waals surface area contributed by atoms with E-state index >= 15 is 0 Å². The molecule has 3 rings (SSSR count). The fourth-order valence-corrected chi connectivity index (χ4v) is 2.49. The van der Waals surface area contributed by atoms with E-state index in [2.05, 4.69) is 9.55 Å². The molecule has 0 spiro atoms. The van der Waals surface area contributed by atoms with E-state index in [1.807, 2.05) is 49.4 Å². The van der Waals surface area contributed by atoms with Crippen molar-refractivity contribution >= 4 is 24.0 Å². The molecule has 0 saturated heterocycles. The van der Waals surface area contributed by atoms with Gasteiger partial charge >= 0.3 is 7.48 Å². The van der Waals surface area contributed by atoms with Crippen LogP contribution in [0.3, 0.4) is 0 Å². The van der Waals surface area contributed by atoms with Crippen molar-refractivity contribution in [3.63, 3.8) is 0 Å². The minimum atomic E-state index is 0.737. The Bertz CT molecular complexity index is 766. The van der Waals surface area contributed by atoms with Crippen LogP contribution in [0.2, 0.25) is 0 Å². The van der Waals surface area contributed by atoms with Crippen LogP contribution in [-0.4, -0.2) is 29.2 Å². The lowest BCUT2D eigenvalue weighted by atomic mass is 9.88. The average Bonchev–Trinajstić information content (AvgIpc) is 2.84. The standard InChI is InChI=1S/C16H16BN2O2/c1-11-18-16-14(4-3-5-15(16)21-2)19(11)10-12-6-8-13(17-20)9-7-12/h3-9,20H,10H2,1-2H3. The summed E-state index contributed by atoms with van der Waals surface area (Å²) in [6.07, 6.45) is 0. The molecule has 21 heavy (non-hydrogen) atoms. The molecule has 3 aromatic rings. The van der Waals surface area contributed by atoms with Gasteiger partial charge in [0.2, 0.25) is 0 Å². The van der Waals surface area contributed by atoms with Gasteiger partial charge in [-0.1, -0.05) is 35.8 Å². The summed E-state index contributed by atoms with van der Waals surface area (Å²) in [4.78, 5) is 4.61. The predicted molar refractivity (Wildman–Crippen MR) is 84.2 cm³/mol. The number of hydrogen-bond donors (Lipinski definition) is 1. The molecule has 0 aliphatic rings. The lowest BCUT2D eigenvalue weighted by molar-refractivity contribution is 0.419. The Labute approximate surface area is 124 Å². The van der Waals surface area contributed by atoms with Crippen LogP contribution < -0.4 is 10.2 Å². The second kappa shape index (κ2) is 5.62. The Morgan fingerprint density at radius 1 is 1.19 bits per heavy atom. The lowest BCUT2D eigenvalue weighted by Gasteiger charge is -2.08. The number of imidazole rings is 1. The van der Waals surface area contributed by atoms with E-state index in [0.29, 0.717) is 0 Å². The summed E-state index contributed by atoms with van der Waals surface area (Å²) >= 11 is 0. The number of methoxy groups -OCH3 is 1. The Hall–Kier alpha value is -2.27. The van der Waals surface area contributed by atoms with Crippen LogP contribution in [0.25, 0.3) is 11.0 Å². The third-order valence-corrected chi connectivity index (χ3v) is 3.62. The first-order valence-corrected chi connectivity index (χ1v) is 6.79. The largest absolute Gasteiger partial charge is 0.494 e. The van der Waals surface area contributed by atoms with Crippen molar-refractivity contribution in [1.29, 1.82) is 0 Å². The van der Waals surface area contributed by atoms with Crippen LogP contribution in [-0.2, 0) is 6.54 Å². The van der Waals surface area contributed by atoms with Crippen molar-refractivity contribution in [3.05, 3.63) is 53.9 Å². The quantitative estimate of drug-likeness (QED) is 0.738. The van der Waals surface area contributed by atoms with E-state index in [1.165, 1.54) is 0 Å². The smallest absolute Gasteiger partial charge is 0.326 e. The third kappa shape index (κ3) is 2.52. The van der Waals surface area contributed by atoms with Gasteiger partial charge < -0.3 is 14.3 Å². The summed E-state index contributed by atoms with van der Waals surface area (Å²) in [5.74, 6) is 1.74. The van der Waals surface area contributed by atoms with Crippen molar-refractivity contribution in [2.45, 2.75) is 13.5 Å². The zero-order valence-electron chi connectivity index (χ0n) is 12.1. The number of rotatable bonds is 4. The predicted octanol–water partition coefficient (Wildman–Crippen LogP) is 1.64. The van der Waals surface area contributed by atoms with Crippen LogP contribution in [0, 0.1) is 6.92 Å². The molecule has 0 fully saturated rings. The number of nitrogens with zero attached hydrogens (tertiary/aromatic N) is 2. The molecule has 0 saturated carbocycles. The highest BCUT2D eigenvalue weighted by molar-refractivity contribution is 6.45. The number of ether oxygens (including phenoxy) is 1. The van der Waals surface area contributed by atoms with Gasteiger partial charge in [0.1, 0.15) is 17.1 Å². The van der Waals surface area contributed by atoms with Crippen LogP contribution >= 0.6 is 0 Å². The summed E-state index contributed by atoms with van der Waals surface area (Å²) in [5.41, 5.74) is 3.90.